The van der Waals surface area contributed by atoms with E-state index >= 15 is 0 Å². The summed E-state index contributed by atoms with van der Waals surface area (Å²) in [5.74, 6) is -0.0390. The highest BCUT2D eigenvalue weighted by Crippen LogP contribution is 2.34. The number of aromatic nitrogens is 4. The van der Waals surface area contributed by atoms with Gasteiger partial charge in [-0.2, -0.15) is 13.2 Å². The van der Waals surface area contributed by atoms with Crippen LogP contribution in [0.4, 0.5) is 13.2 Å². The standard InChI is InChI=1S/C16H17F3N4OS/c1-8(2)7-25-14-13-21-22-15(16(17,18)19)23(13)12-6-10(9(3)24)4-5-11(12)20-14/h4-6,8-9,24H,7H2,1-3H3. The normalized spacial score (nSPS) is 13.9. The lowest BCUT2D eigenvalue weighted by atomic mass is 10.1. The number of thioether (sulfide) groups is 1. The van der Waals surface area contributed by atoms with E-state index in [4.69, 9.17) is 0 Å². The van der Waals surface area contributed by atoms with E-state index in [1.165, 1.54) is 17.8 Å². The first kappa shape index (κ1) is 17.9. The van der Waals surface area contributed by atoms with Gasteiger partial charge >= 0.3 is 6.18 Å². The Balaban J connectivity index is 2.33. The van der Waals surface area contributed by atoms with Crippen LogP contribution in [0.1, 0.15) is 38.3 Å². The first-order valence-corrected chi connectivity index (χ1v) is 8.74. The summed E-state index contributed by atoms with van der Waals surface area (Å²) in [4.78, 5) is 4.46. The first-order valence-electron chi connectivity index (χ1n) is 7.75. The Morgan fingerprint density at radius 2 is 1.92 bits per heavy atom. The lowest BCUT2D eigenvalue weighted by Crippen LogP contribution is -2.12. The van der Waals surface area contributed by atoms with Gasteiger partial charge < -0.3 is 5.11 Å². The summed E-state index contributed by atoms with van der Waals surface area (Å²) in [5.41, 5.74) is 1.20. The third-order valence-electron chi connectivity index (χ3n) is 3.61. The molecule has 0 aliphatic rings. The van der Waals surface area contributed by atoms with Crippen molar-refractivity contribution in [2.24, 2.45) is 5.92 Å². The highest BCUT2D eigenvalue weighted by atomic mass is 32.2. The molecule has 134 valence electrons. The van der Waals surface area contributed by atoms with Gasteiger partial charge in [-0.3, -0.25) is 4.40 Å². The minimum Gasteiger partial charge on any atom is -0.389 e. The van der Waals surface area contributed by atoms with Gasteiger partial charge in [-0.1, -0.05) is 19.9 Å². The Morgan fingerprint density at radius 3 is 2.52 bits per heavy atom. The summed E-state index contributed by atoms with van der Waals surface area (Å²) in [6.07, 6.45) is -5.45. The summed E-state index contributed by atoms with van der Waals surface area (Å²) >= 11 is 1.36. The maximum Gasteiger partial charge on any atom is 0.452 e. The van der Waals surface area contributed by atoms with Gasteiger partial charge in [-0.05, 0) is 30.5 Å². The molecule has 1 N–H and O–H groups in total. The SMILES string of the molecule is CC(C)CSc1nc2ccc(C(C)O)cc2n2c(C(F)(F)F)nnc12. The first-order chi connectivity index (χ1) is 11.7. The van der Waals surface area contributed by atoms with Crippen molar-refractivity contribution in [2.45, 2.75) is 38.1 Å². The predicted octanol–water partition coefficient (Wildman–Crippen LogP) is 4.10. The van der Waals surface area contributed by atoms with Gasteiger partial charge in [0.1, 0.15) is 5.03 Å². The second-order valence-corrected chi connectivity index (χ2v) is 7.24. The summed E-state index contributed by atoms with van der Waals surface area (Å²) in [6.45, 7) is 5.59. The number of benzene rings is 1. The molecular formula is C16H17F3N4OS. The molecule has 0 radical (unpaired) electrons. The number of aliphatic hydroxyl groups is 1. The molecule has 0 aliphatic heterocycles. The smallest absolute Gasteiger partial charge is 0.389 e. The van der Waals surface area contributed by atoms with Crippen molar-refractivity contribution in [3.8, 4) is 0 Å². The fourth-order valence-corrected chi connectivity index (χ4v) is 3.33. The van der Waals surface area contributed by atoms with Crippen molar-refractivity contribution in [2.75, 3.05) is 5.75 Å². The van der Waals surface area contributed by atoms with Crippen molar-refractivity contribution in [3.63, 3.8) is 0 Å². The van der Waals surface area contributed by atoms with E-state index in [1.807, 2.05) is 13.8 Å². The summed E-state index contributed by atoms with van der Waals surface area (Å²) < 4.78 is 41.1. The van der Waals surface area contributed by atoms with E-state index in [-0.39, 0.29) is 11.2 Å². The van der Waals surface area contributed by atoms with Gasteiger partial charge in [0.15, 0.2) is 5.65 Å². The predicted molar refractivity (Wildman–Crippen MR) is 89.5 cm³/mol. The minimum atomic E-state index is -4.64. The number of aliphatic hydroxyl groups excluding tert-OH is 1. The van der Waals surface area contributed by atoms with Crippen molar-refractivity contribution in [3.05, 3.63) is 29.6 Å². The molecule has 9 heteroatoms. The highest BCUT2D eigenvalue weighted by molar-refractivity contribution is 7.99. The van der Waals surface area contributed by atoms with Crippen LogP contribution >= 0.6 is 11.8 Å². The van der Waals surface area contributed by atoms with E-state index < -0.39 is 18.1 Å². The molecule has 3 aromatic rings. The van der Waals surface area contributed by atoms with Crippen LogP contribution in [-0.4, -0.2) is 30.4 Å². The Kier molecular flexibility index (Phi) is 4.63. The number of rotatable bonds is 4. The van der Waals surface area contributed by atoms with Crippen molar-refractivity contribution in [1.82, 2.24) is 19.6 Å². The molecule has 0 saturated carbocycles. The molecule has 3 rings (SSSR count). The maximum atomic E-state index is 13.4. The molecule has 0 spiro atoms. The van der Waals surface area contributed by atoms with Crippen LogP contribution in [0.5, 0.6) is 0 Å². The molecule has 0 amide bonds. The molecule has 5 nitrogen and oxygen atoms in total. The number of hydrogen-bond acceptors (Lipinski definition) is 5. The summed E-state index contributed by atoms with van der Waals surface area (Å²) in [7, 11) is 0. The van der Waals surface area contributed by atoms with Crippen molar-refractivity contribution >= 4 is 28.4 Å². The van der Waals surface area contributed by atoms with E-state index in [0.717, 1.165) is 4.40 Å². The minimum absolute atomic E-state index is 0.0771. The Bertz CT molecular complexity index is 921. The summed E-state index contributed by atoms with van der Waals surface area (Å²) in [6, 6.07) is 4.76. The van der Waals surface area contributed by atoms with Gasteiger partial charge in [-0.25, -0.2) is 4.98 Å². The van der Waals surface area contributed by atoms with Crippen LogP contribution in [0.15, 0.2) is 23.2 Å². The molecule has 1 aromatic carbocycles. The van der Waals surface area contributed by atoms with Crippen molar-refractivity contribution < 1.29 is 18.3 Å². The second-order valence-electron chi connectivity index (χ2n) is 6.23. The van der Waals surface area contributed by atoms with E-state index in [0.29, 0.717) is 27.8 Å². The van der Waals surface area contributed by atoms with Gasteiger partial charge in [0.05, 0.1) is 17.1 Å². The van der Waals surface area contributed by atoms with Crippen LogP contribution in [0, 0.1) is 5.92 Å². The molecular weight excluding hydrogens is 353 g/mol. The number of alkyl halides is 3. The number of nitrogens with zero attached hydrogens (tertiary/aromatic N) is 4. The zero-order chi connectivity index (χ0) is 18.4. The monoisotopic (exact) mass is 370 g/mol. The van der Waals surface area contributed by atoms with Crippen LogP contribution in [0.25, 0.3) is 16.7 Å². The largest absolute Gasteiger partial charge is 0.452 e. The lowest BCUT2D eigenvalue weighted by molar-refractivity contribution is -0.145. The van der Waals surface area contributed by atoms with E-state index in [2.05, 4.69) is 15.2 Å². The Morgan fingerprint density at radius 1 is 1.20 bits per heavy atom. The lowest BCUT2D eigenvalue weighted by Gasteiger charge is -2.12. The molecule has 0 bridgehead atoms. The second kappa shape index (κ2) is 6.45. The van der Waals surface area contributed by atoms with Gasteiger partial charge in [0, 0.05) is 5.75 Å². The zero-order valence-corrected chi connectivity index (χ0v) is 14.7. The van der Waals surface area contributed by atoms with Gasteiger partial charge in [0.25, 0.3) is 0 Å². The molecule has 1 unspecified atom stereocenters. The van der Waals surface area contributed by atoms with Crippen LogP contribution in [-0.2, 0) is 6.18 Å². The van der Waals surface area contributed by atoms with Crippen LogP contribution in [0.3, 0.4) is 0 Å². The number of halogens is 3. The molecule has 1 atom stereocenters. The number of hydrogen-bond donors (Lipinski definition) is 1. The molecule has 25 heavy (non-hydrogen) atoms. The van der Waals surface area contributed by atoms with Crippen LogP contribution < -0.4 is 0 Å². The fraction of sp³-hybridized carbons (Fsp3) is 0.438. The van der Waals surface area contributed by atoms with Gasteiger partial charge in [-0.15, -0.1) is 22.0 Å². The zero-order valence-electron chi connectivity index (χ0n) is 13.9. The Labute approximate surface area is 146 Å². The fourth-order valence-electron chi connectivity index (χ4n) is 2.41. The third-order valence-corrected chi connectivity index (χ3v) is 4.99. The van der Waals surface area contributed by atoms with Crippen LogP contribution in [0.2, 0.25) is 0 Å². The molecule has 0 fully saturated rings. The molecule has 2 aromatic heterocycles. The quantitative estimate of drug-likeness (QED) is 0.701. The van der Waals surface area contributed by atoms with Gasteiger partial charge in [0.2, 0.25) is 5.82 Å². The topological polar surface area (TPSA) is 63.3 Å². The van der Waals surface area contributed by atoms with E-state index in [1.54, 1.807) is 19.1 Å². The molecule has 0 saturated heterocycles. The molecule has 0 aliphatic carbocycles. The summed E-state index contributed by atoms with van der Waals surface area (Å²) in [5, 5.41) is 17.2. The average molecular weight is 370 g/mol. The van der Waals surface area contributed by atoms with Crippen molar-refractivity contribution in [1.29, 1.82) is 0 Å². The maximum absolute atomic E-state index is 13.4. The van der Waals surface area contributed by atoms with E-state index in [9.17, 15) is 18.3 Å². The Hall–Kier alpha value is -1.87. The average Bonchev–Trinajstić information content (AvgIpc) is 2.97. The third kappa shape index (κ3) is 3.43. The number of fused-ring (bicyclic) bond motifs is 3. The molecule has 2 heterocycles. The highest BCUT2D eigenvalue weighted by Gasteiger charge is 2.38.